The Morgan fingerprint density at radius 1 is 0.900 bits per heavy atom. The molecule has 2 aliphatic rings. The number of anilines is 1. The summed E-state index contributed by atoms with van der Waals surface area (Å²) in [6.45, 7) is 6.04. The number of carbonyl (C=O) groups is 1. The van der Waals surface area contributed by atoms with Crippen LogP contribution in [0, 0.1) is 0 Å². The lowest BCUT2D eigenvalue weighted by molar-refractivity contribution is 0.167. The number of nitrogens with one attached hydrogen (secondary N) is 1. The Labute approximate surface area is 188 Å². The lowest BCUT2D eigenvalue weighted by Crippen LogP contribution is -2.54. The van der Waals surface area contributed by atoms with Crippen LogP contribution in [0.15, 0.2) is 48.5 Å². The number of carbonyl (C=O) groups excluding carboxylic acids is 1. The van der Waals surface area contributed by atoms with Crippen LogP contribution in [-0.2, 0) is 6.54 Å². The quantitative estimate of drug-likeness (QED) is 0.751. The van der Waals surface area contributed by atoms with Gasteiger partial charge in [0.1, 0.15) is 0 Å². The number of amides is 2. The van der Waals surface area contributed by atoms with E-state index in [1.54, 1.807) is 0 Å². The zero-order valence-corrected chi connectivity index (χ0v) is 18.6. The summed E-state index contributed by atoms with van der Waals surface area (Å²) in [6.07, 6.45) is 1.98. The summed E-state index contributed by atoms with van der Waals surface area (Å²) in [7, 11) is 0. The minimum atomic E-state index is 0.0666. The van der Waals surface area contributed by atoms with Gasteiger partial charge < -0.3 is 15.1 Å². The first kappa shape index (κ1) is 21.3. The largest absolute Gasteiger partial charge is 0.368 e. The number of hydrogen-bond acceptors (Lipinski definition) is 3. The average Bonchev–Trinajstić information content (AvgIpc) is 2.77. The van der Waals surface area contributed by atoms with Crippen molar-refractivity contribution < 1.29 is 4.79 Å². The van der Waals surface area contributed by atoms with Crippen LogP contribution >= 0.6 is 23.2 Å². The summed E-state index contributed by atoms with van der Waals surface area (Å²) in [6, 6.07) is 16.3. The Bertz CT molecular complexity index is 845. The molecular formula is C23H28Cl2N4O. The molecule has 0 spiro atoms. The van der Waals surface area contributed by atoms with Crippen LogP contribution in [-0.4, -0.2) is 61.1 Å². The second kappa shape index (κ2) is 9.90. The van der Waals surface area contributed by atoms with Crippen molar-refractivity contribution in [2.45, 2.75) is 25.4 Å². The standard InChI is InChI=1S/C23H28Cl2N4O/c24-19-6-4-18(5-7-19)17-27-10-8-21(9-11-27)26-23(30)29-14-12-28(13-15-29)22-3-1-2-20(25)16-22/h1-7,16,21H,8-15,17H2,(H,26,30). The van der Waals surface area contributed by atoms with Crippen LogP contribution in [0.25, 0.3) is 0 Å². The van der Waals surface area contributed by atoms with Gasteiger partial charge in [-0.2, -0.15) is 0 Å². The van der Waals surface area contributed by atoms with Crippen LogP contribution in [0.3, 0.4) is 0 Å². The summed E-state index contributed by atoms with van der Waals surface area (Å²) in [5.41, 5.74) is 2.40. The molecular weight excluding hydrogens is 419 g/mol. The molecule has 2 aromatic carbocycles. The third kappa shape index (κ3) is 5.60. The lowest BCUT2D eigenvalue weighted by atomic mass is 10.0. The van der Waals surface area contributed by atoms with Crippen LogP contribution in [0.1, 0.15) is 18.4 Å². The topological polar surface area (TPSA) is 38.8 Å². The number of piperazine rings is 1. The molecule has 2 amide bonds. The molecule has 0 atom stereocenters. The number of hydrogen-bond donors (Lipinski definition) is 1. The van der Waals surface area contributed by atoms with Crippen molar-refractivity contribution in [1.82, 2.24) is 15.1 Å². The molecule has 0 aliphatic carbocycles. The van der Waals surface area contributed by atoms with Crippen molar-refractivity contribution in [3.8, 4) is 0 Å². The predicted octanol–water partition coefficient (Wildman–Crippen LogP) is 4.49. The molecule has 2 heterocycles. The monoisotopic (exact) mass is 446 g/mol. The summed E-state index contributed by atoms with van der Waals surface area (Å²) >= 11 is 12.1. The number of urea groups is 1. The van der Waals surface area contributed by atoms with E-state index in [1.165, 1.54) is 5.56 Å². The van der Waals surface area contributed by atoms with Crippen molar-refractivity contribution in [3.63, 3.8) is 0 Å². The Morgan fingerprint density at radius 2 is 1.60 bits per heavy atom. The summed E-state index contributed by atoms with van der Waals surface area (Å²) in [4.78, 5) is 19.4. The first-order valence-corrected chi connectivity index (χ1v) is 11.4. The maximum atomic E-state index is 12.7. The van der Waals surface area contributed by atoms with E-state index in [-0.39, 0.29) is 12.1 Å². The van der Waals surface area contributed by atoms with Crippen molar-refractivity contribution in [2.75, 3.05) is 44.2 Å². The first-order valence-electron chi connectivity index (χ1n) is 10.6. The molecule has 2 aromatic rings. The van der Waals surface area contributed by atoms with Crippen molar-refractivity contribution in [1.29, 1.82) is 0 Å². The molecule has 0 bridgehead atoms. The van der Waals surface area contributed by atoms with Gasteiger partial charge in [-0.15, -0.1) is 0 Å². The van der Waals surface area contributed by atoms with Crippen LogP contribution < -0.4 is 10.2 Å². The highest BCUT2D eigenvalue weighted by molar-refractivity contribution is 6.31. The second-order valence-electron chi connectivity index (χ2n) is 8.08. The minimum absolute atomic E-state index is 0.0666. The molecule has 2 aliphatic heterocycles. The van der Waals surface area contributed by atoms with E-state index >= 15 is 0 Å². The third-order valence-electron chi connectivity index (χ3n) is 5.97. The molecule has 160 valence electrons. The molecule has 0 aromatic heterocycles. The van der Waals surface area contributed by atoms with Gasteiger partial charge in [-0.1, -0.05) is 41.4 Å². The zero-order chi connectivity index (χ0) is 20.9. The van der Waals surface area contributed by atoms with E-state index in [9.17, 15) is 4.79 Å². The minimum Gasteiger partial charge on any atom is -0.368 e. The molecule has 1 N–H and O–H groups in total. The lowest BCUT2D eigenvalue weighted by Gasteiger charge is -2.38. The van der Waals surface area contributed by atoms with E-state index in [0.29, 0.717) is 0 Å². The molecule has 2 saturated heterocycles. The van der Waals surface area contributed by atoms with E-state index in [1.807, 2.05) is 35.2 Å². The third-order valence-corrected chi connectivity index (χ3v) is 6.46. The Balaban J connectivity index is 1.19. The van der Waals surface area contributed by atoms with Gasteiger partial charge in [0.05, 0.1) is 0 Å². The summed E-state index contributed by atoms with van der Waals surface area (Å²) < 4.78 is 0. The number of nitrogens with zero attached hydrogens (tertiary/aromatic N) is 3. The number of piperidine rings is 1. The molecule has 0 radical (unpaired) electrons. The highest BCUT2D eigenvalue weighted by Gasteiger charge is 2.25. The van der Waals surface area contributed by atoms with Gasteiger partial charge >= 0.3 is 6.03 Å². The first-order chi connectivity index (χ1) is 14.6. The molecule has 30 heavy (non-hydrogen) atoms. The molecule has 4 rings (SSSR count). The van der Waals surface area contributed by atoms with Crippen molar-refractivity contribution >= 4 is 34.9 Å². The van der Waals surface area contributed by atoms with Gasteiger partial charge in [0.15, 0.2) is 0 Å². The van der Waals surface area contributed by atoms with Gasteiger partial charge in [-0.05, 0) is 48.7 Å². The highest BCUT2D eigenvalue weighted by Crippen LogP contribution is 2.21. The normalized spacial score (nSPS) is 18.5. The molecule has 7 heteroatoms. The number of likely N-dealkylation sites (tertiary alicyclic amines) is 1. The fourth-order valence-electron chi connectivity index (χ4n) is 4.19. The maximum absolute atomic E-state index is 12.7. The van der Waals surface area contributed by atoms with Gasteiger partial charge in [0.2, 0.25) is 0 Å². The van der Waals surface area contributed by atoms with Crippen molar-refractivity contribution in [3.05, 3.63) is 64.1 Å². The van der Waals surface area contributed by atoms with E-state index in [2.05, 4.69) is 33.3 Å². The Morgan fingerprint density at radius 3 is 2.27 bits per heavy atom. The summed E-state index contributed by atoms with van der Waals surface area (Å²) in [5.74, 6) is 0. The smallest absolute Gasteiger partial charge is 0.317 e. The zero-order valence-electron chi connectivity index (χ0n) is 17.1. The van der Waals surface area contributed by atoms with Gasteiger partial charge in [-0.25, -0.2) is 4.79 Å². The van der Waals surface area contributed by atoms with E-state index < -0.39 is 0 Å². The maximum Gasteiger partial charge on any atom is 0.317 e. The average molecular weight is 447 g/mol. The van der Waals surface area contributed by atoms with E-state index in [4.69, 9.17) is 23.2 Å². The number of rotatable bonds is 4. The molecule has 0 saturated carbocycles. The number of halogens is 2. The Hall–Kier alpha value is -1.95. The fourth-order valence-corrected chi connectivity index (χ4v) is 4.50. The summed E-state index contributed by atoms with van der Waals surface area (Å²) in [5, 5.41) is 4.76. The highest BCUT2D eigenvalue weighted by atomic mass is 35.5. The van der Waals surface area contributed by atoms with Crippen LogP contribution in [0.2, 0.25) is 10.0 Å². The van der Waals surface area contributed by atoms with Gasteiger partial charge in [-0.3, -0.25) is 4.90 Å². The molecule has 5 nitrogen and oxygen atoms in total. The number of benzene rings is 2. The van der Waals surface area contributed by atoms with Gasteiger partial charge in [0, 0.05) is 67.6 Å². The Kier molecular flexibility index (Phi) is 7.03. The predicted molar refractivity (Wildman–Crippen MR) is 124 cm³/mol. The molecule has 0 unspecified atom stereocenters. The van der Waals surface area contributed by atoms with Crippen LogP contribution in [0.4, 0.5) is 10.5 Å². The fraction of sp³-hybridized carbons (Fsp3) is 0.435. The molecule has 2 fully saturated rings. The second-order valence-corrected chi connectivity index (χ2v) is 8.95. The van der Waals surface area contributed by atoms with Crippen molar-refractivity contribution in [2.24, 2.45) is 0 Å². The van der Waals surface area contributed by atoms with E-state index in [0.717, 1.165) is 74.4 Å². The van der Waals surface area contributed by atoms with Gasteiger partial charge in [0.25, 0.3) is 0 Å². The SMILES string of the molecule is O=C(NC1CCN(Cc2ccc(Cl)cc2)CC1)N1CCN(c2cccc(Cl)c2)CC1. The van der Waals surface area contributed by atoms with Crippen LogP contribution in [0.5, 0.6) is 0 Å².